The van der Waals surface area contributed by atoms with Gasteiger partial charge in [0.05, 0.1) is 18.6 Å². The predicted molar refractivity (Wildman–Crippen MR) is 79.7 cm³/mol. The molecule has 120 valence electrons. The molecule has 1 aromatic rings. The van der Waals surface area contributed by atoms with Crippen molar-refractivity contribution < 1.29 is 18.3 Å². The summed E-state index contributed by atoms with van der Waals surface area (Å²) in [5.41, 5.74) is 1.46. The second-order valence-corrected chi connectivity index (χ2v) is 6.18. The standard InChI is InChI=1S/C17H21F2NO2/c1-5-22-15(21)17(18,19)10-13(11-20)12-6-8-14(9-7-12)16(2,3)4/h6-9,13H,5,10H2,1-4H3/t13-/m0/s1. The van der Waals surface area contributed by atoms with Crippen molar-refractivity contribution in [3.8, 4) is 6.07 Å². The normalized spacial score (nSPS) is 13.3. The molecule has 0 fully saturated rings. The van der Waals surface area contributed by atoms with E-state index in [1.165, 1.54) is 6.92 Å². The smallest absolute Gasteiger partial charge is 0.377 e. The zero-order valence-corrected chi connectivity index (χ0v) is 13.3. The maximum atomic E-state index is 13.8. The van der Waals surface area contributed by atoms with Gasteiger partial charge in [-0.1, -0.05) is 45.0 Å². The van der Waals surface area contributed by atoms with Crippen LogP contribution in [0.2, 0.25) is 0 Å². The van der Waals surface area contributed by atoms with E-state index in [9.17, 15) is 13.6 Å². The van der Waals surface area contributed by atoms with Gasteiger partial charge in [0.15, 0.2) is 0 Å². The Bertz CT molecular complexity index is 554. The van der Waals surface area contributed by atoms with Gasteiger partial charge in [0.2, 0.25) is 0 Å². The molecule has 1 atom stereocenters. The molecule has 0 amide bonds. The van der Waals surface area contributed by atoms with E-state index in [0.717, 1.165) is 5.56 Å². The molecule has 0 heterocycles. The number of carbonyl (C=O) groups excluding carboxylic acids is 1. The SMILES string of the molecule is CCOC(=O)C(F)(F)C[C@@H](C#N)c1ccc(C(C)(C)C)cc1. The maximum absolute atomic E-state index is 13.8. The van der Waals surface area contributed by atoms with Gasteiger partial charge < -0.3 is 4.74 Å². The van der Waals surface area contributed by atoms with Crippen molar-refractivity contribution >= 4 is 5.97 Å². The number of carbonyl (C=O) groups is 1. The number of hydrogen-bond acceptors (Lipinski definition) is 3. The van der Waals surface area contributed by atoms with E-state index in [2.05, 4.69) is 4.74 Å². The zero-order valence-electron chi connectivity index (χ0n) is 13.3. The van der Waals surface area contributed by atoms with Gasteiger partial charge in [0, 0.05) is 6.42 Å². The topological polar surface area (TPSA) is 50.1 Å². The van der Waals surface area contributed by atoms with Gasteiger partial charge in [-0.3, -0.25) is 0 Å². The van der Waals surface area contributed by atoms with Crippen molar-refractivity contribution in [3.05, 3.63) is 35.4 Å². The van der Waals surface area contributed by atoms with Crippen LogP contribution in [0, 0.1) is 11.3 Å². The Morgan fingerprint density at radius 3 is 2.23 bits per heavy atom. The minimum absolute atomic E-state index is 0.0600. The molecule has 0 saturated carbocycles. The average molecular weight is 309 g/mol. The Kier molecular flexibility index (Phi) is 5.65. The Balaban J connectivity index is 2.93. The molecule has 1 rings (SSSR count). The minimum atomic E-state index is -3.67. The molecule has 0 bridgehead atoms. The molecule has 0 saturated heterocycles. The lowest BCUT2D eigenvalue weighted by Crippen LogP contribution is -2.32. The van der Waals surface area contributed by atoms with Crippen molar-refractivity contribution in [2.75, 3.05) is 6.61 Å². The summed E-state index contributed by atoms with van der Waals surface area (Å²) in [4.78, 5) is 11.3. The van der Waals surface area contributed by atoms with Crippen molar-refractivity contribution in [1.82, 2.24) is 0 Å². The molecule has 0 radical (unpaired) electrons. The van der Waals surface area contributed by atoms with Gasteiger partial charge in [-0.15, -0.1) is 0 Å². The maximum Gasteiger partial charge on any atom is 0.377 e. The van der Waals surface area contributed by atoms with Crippen LogP contribution in [0.4, 0.5) is 8.78 Å². The van der Waals surface area contributed by atoms with Crippen LogP contribution in [0.5, 0.6) is 0 Å². The minimum Gasteiger partial charge on any atom is -0.462 e. The molecule has 0 aliphatic heterocycles. The second-order valence-electron chi connectivity index (χ2n) is 6.18. The number of nitriles is 1. The molecular weight excluding hydrogens is 288 g/mol. The van der Waals surface area contributed by atoms with Crippen molar-refractivity contribution in [2.24, 2.45) is 0 Å². The number of benzene rings is 1. The van der Waals surface area contributed by atoms with Crippen LogP contribution in [0.15, 0.2) is 24.3 Å². The van der Waals surface area contributed by atoms with Crippen LogP contribution < -0.4 is 0 Å². The van der Waals surface area contributed by atoms with Gasteiger partial charge in [0.1, 0.15) is 0 Å². The fourth-order valence-electron chi connectivity index (χ4n) is 2.03. The van der Waals surface area contributed by atoms with Gasteiger partial charge in [-0.25, -0.2) is 4.79 Å². The van der Waals surface area contributed by atoms with Crippen LogP contribution in [0.1, 0.15) is 51.2 Å². The highest BCUT2D eigenvalue weighted by molar-refractivity contribution is 5.77. The van der Waals surface area contributed by atoms with E-state index >= 15 is 0 Å². The first kappa shape index (κ1) is 18.1. The third kappa shape index (κ3) is 4.52. The average Bonchev–Trinajstić information content (AvgIpc) is 2.44. The summed E-state index contributed by atoms with van der Waals surface area (Å²) in [5.74, 6) is -6.31. The van der Waals surface area contributed by atoms with Crippen LogP contribution >= 0.6 is 0 Å². The number of nitrogens with zero attached hydrogens (tertiary/aromatic N) is 1. The molecule has 0 aliphatic carbocycles. The summed E-state index contributed by atoms with van der Waals surface area (Å²) >= 11 is 0. The monoisotopic (exact) mass is 309 g/mol. The first-order valence-corrected chi connectivity index (χ1v) is 7.17. The Morgan fingerprint density at radius 1 is 1.27 bits per heavy atom. The van der Waals surface area contributed by atoms with E-state index in [4.69, 9.17) is 5.26 Å². The molecule has 0 aliphatic rings. The highest BCUT2D eigenvalue weighted by Crippen LogP contribution is 2.32. The van der Waals surface area contributed by atoms with Crippen LogP contribution in [-0.2, 0) is 14.9 Å². The van der Waals surface area contributed by atoms with E-state index < -0.39 is 24.2 Å². The van der Waals surface area contributed by atoms with E-state index in [-0.39, 0.29) is 12.0 Å². The Labute approximate surface area is 129 Å². The van der Waals surface area contributed by atoms with E-state index in [0.29, 0.717) is 5.56 Å². The summed E-state index contributed by atoms with van der Waals surface area (Å²) in [6.07, 6.45) is -0.878. The van der Waals surface area contributed by atoms with Crippen molar-refractivity contribution in [2.45, 2.75) is 51.4 Å². The number of hydrogen-bond donors (Lipinski definition) is 0. The highest BCUT2D eigenvalue weighted by atomic mass is 19.3. The molecule has 0 aromatic heterocycles. The summed E-state index contributed by atoms with van der Waals surface area (Å²) < 4.78 is 31.9. The molecular formula is C17H21F2NO2. The fraction of sp³-hybridized carbons (Fsp3) is 0.529. The zero-order chi connectivity index (χ0) is 17.0. The summed E-state index contributed by atoms with van der Waals surface area (Å²) in [6.45, 7) is 7.46. The van der Waals surface area contributed by atoms with Gasteiger partial charge in [-0.2, -0.15) is 14.0 Å². The number of alkyl halides is 2. The highest BCUT2D eigenvalue weighted by Gasteiger charge is 2.43. The summed E-state index contributed by atoms with van der Waals surface area (Å²) in [7, 11) is 0. The fourth-order valence-corrected chi connectivity index (χ4v) is 2.03. The van der Waals surface area contributed by atoms with Gasteiger partial charge >= 0.3 is 11.9 Å². The molecule has 0 N–H and O–H groups in total. The molecule has 0 unspecified atom stereocenters. The Morgan fingerprint density at radius 2 is 1.82 bits per heavy atom. The summed E-state index contributed by atoms with van der Waals surface area (Å²) in [6, 6.07) is 8.81. The van der Waals surface area contributed by atoms with E-state index in [1.807, 2.05) is 39.0 Å². The molecule has 22 heavy (non-hydrogen) atoms. The first-order valence-electron chi connectivity index (χ1n) is 7.17. The Hall–Kier alpha value is -1.96. The quantitative estimate of drug-likeness (QED) is 0.767. The number of halogens is 2. The molecule has 0 spiro atoms. The lowest BCUT2D eigenvalue weighted by molar-refractivity contribution is -0.172. The second kappa shape index (κ2) is 6.87. The molecule has 1 aromatic carbocycles. The van der Waals surface area contributed by atoms with Gasteiger partial charge in [-0.05, 0) is 23.5 Å². The third-order valence-corrected chi connectivity index (χ3v) is 3.37. The number of rotatable bonds is 5. The van der Waals surface area contributed by atoms with Crippen molar-refractivity contribution in [1.29, 1.82) is 5.26 Å². The van der Waals surface area contributed by atoms with Crippen LogP contribution in [-0.4, -0.2) is 18.5 Å². The van der Waals surface area contributed by atoms with Gasteiger partial charge in [0.25, 0.3) is 0 Å². The third-order valence-electron chi connectivity index (χ3n) is 3.37. The lowest BCUT2D eigenvalue weighted by Gasteiger charge is -2.21. The van der Waals surface area contributed by atoms with E-state index in [1.54, 1.807) is 12.1 Å². The molecule has 3 nitrogen and oxygen atoms in total. The largest absolute Gasteiger partial charge is 0.462 e. The number of ether oxygens (including phenoxy) is 1. The lowest BCUT2D eigenvalue weighted by atomic mass is 9.85. The van der Waals surface area contributed by atoms with Crippen LogP contribution in [0.25, 0.3) is 0 Å². The number of esters is 1. The summed E-state index contributed by atoms with van der Waals surface area (Å²) in [5, 5.41) is 9.15. The van der Waals surface area contributed by atoms with Crippen LogP contribution in [0.3, 0.4) is 0 Å². The van der Waals surface area contributed by atoms with Crippen molar-refractivity contribution in [3.63, 3.8) is 0 Å². The first-order chi connectivity index (χ1) is 10.1. The molecule has 5 heteroatoms. The predicted octanol–water partition coefficient (Wildman–Crippen LogP) is 4.18.